The fourth-order valence-corrected chi connectivity index (χ4v) is 4.08. The van der Waals surface area contributed by atoms with E-state index in [2.05, 4.69) is 0 Å². The number of nitrogens with one attached hydrogen (secondary N) is 1. The molecule has 1 aromatic carbocycles. The number of ether oxygens (including phenoxy) is 2. The Hall–Kier alpha value is -2.12. The average Bonchev–Trinajstić information content (AvgIpc) is 2.96. The van der Waals surface area contributed by atoms with Crippen molar-refractivity contribution in [1.82, 2.24) is 0 Å². The van der Waals surface area contributed by atoms with Crippen LogP contribution in [-0.4, -0.2) is 50.6 Å². The smallest absolute Gasteiger partial charge is 0.314 e. The predicted octanol–water partition coefficient (Wildman–Crippen LogP) is 0.839. The molecule has 1 N–H and O–H groups in total. The fraction of sp³-hybridized carbons (Fsp3) is 0.526. The molecule has 0 aliphatic carbocycles. The Kier molecular flexibility index (Phi) is 6.01. The molecular formula is C19H24ClN2O5+. The van der Waals surface area contributed by atoms with E-state index >= 15 is 0 Å². The van der Waals surface area contributed by atoms with Crippen molar-refractivity contribution in [2.45, 2.75) is 32.2 Å². The van der Waals surface area contributed by atoms with Crippen molar-refractivity contribution in [1.29, 1.82) is 0 Å². The van der Waals surface area contributed by atoms with Crippen molar-refractivity contribution in [3.05, 3.63) is 23.2 Å². The number of rotatable bonds is 5. The lowest BCUT2D eigenvalue weighted by Gasteiger charge is -2.31. The van der Waals surface area contributed by atoms with Gasteiger partial charge in [-0.05, 0) is 38.0 Å². The van der Waals surface area contributed by atoms with Crippen LogP contribution in [0.15, 0.2) is 18.2 Å². The van der Waals surface area contributed by atoms with E-state index in [1.165, 1.54) is 7.11 Å². The molecule has 8 heteroatoms. The Morgan fingerprint density at radius 1 is 1.37 bits per heavy atom. The molecule has 0 radical (unpaired) electrons. The van der Waals surface area contributed by atoms with Crippen LogP contribution in [0.2, 0.25) is 5.02 Å². The highest BCUT2D eigenvalue weighted by atomic mass is 35.5. The number of piperidine rings is 1. The van der Waals surface area contributed by atoms with Crippen LogP contribution in [0.4, 0.5) is 5.69 Å². The molecule has 0 saturated carbocycles. The van der Waals surface area contributed by atoms with Gasteiger partial charge in [-0.3, -0.25) is 14.4 Å². The molecule has 2 fully saturated rings. The van der Waals surface area contributed by atoms with Gasteiger partial charge in [0.1, 0.15) is 11.7 Å². The number of hydrogen-bond donors (Lipinski definition) is 1. The number of halogens is 1. The Morgan fingerprint density at radius 2 is 2.15 bits per heavy atom. The summed E-state index contributed by atoms with van der Waals surface area (Å²) in [6.07, 6.45) is 1.68. The summed E-state index contributed by atoms with van der Waals surface area (Å²) in [4.78, 5) is 39.9. The van der Waals surface area contributed by atoms with Crippen LogP contribution in [0, 0.1) is 5.92 Å². The maximum atomic E-state index is 13.1. The average molecular weight is 396 g/mol. The van der Waals surface area contributed by atoms with Crippen LogP contribution in [0.1, 0.15) is 26.2 Å². The van der Waals surface area contributed by atoms with Crippen LogP contribution >= 0.6 is 11.6 Å². The van der Waals surface area contributed by atoms with Crippen molar-refractivity contribution >= 4 is 35.1 Å². The number of likely N-dealkylation sites (tertiary alicyclic amines) is 1. The summed E-state index contributed by atoms with van der Waals surface area (Å²) in [7, 11) is 1.48. The van der Waals surface area contributed by atoms with Crippen LogP contribution in [-0.2, 0) is 19.1 Å². The molecular weight excluding hydrogens is 372 g/mol. The molecule has 2 saturated heterocycles. The molecule has 0 aromatic heterocycles. The van der Waals surface area contributed by atoms with Crippen molar-refractivity contribution < 1.29 is 28.8 Å². The summed E-state index contributed by atoms with van der Waals surface area (Å²) >= 11 is 6.05. The Morgan fingerprint density at radius 3 is 2.85 bits per heavy atom. The van der Waals surface area contributed by atoms with E-state index < -0.39 is 6.04 Å². The number of esters is 1. The lowest BCUT2D eigenvalue weighted by molar-refractivity contribution is -0.922. The van der Waals surface area contributed by atoms with Gasteiger partial charge in [0.15, 0.2) is 6.04 Å². The number of imide groups is 1. The third-order valence-corrected chi connectivity index (χ3v) is 5.44. The first kappa shape index (κ1) is 19.6. The van der Waals surface area contributed by atoms with Gasteiger partial charge < -0.3 is 14.4 Å². The summed E-state index contributed by atoms with van der Waals surface area (Å²) in [5.74, 6) is -0.595. The summed E-state index contributed by atoms with van der Waals surface area (Å²) in [6.45, 7) is 3.37. The van der Waals surface area contributed by atoms with E-state index in [1.807, 2.05) is 0 Å². The fourth-order valence-electron chi connectivity index (χ4n) is 3.92. The van der Waals surface area contributed by atoms with Crippen LogP contribution < -0.4 is 14.5 Å². The quantitative estimate of drug-likeness (QED) is 0.590. The summed E-state index contributed by atoms with van der Waals surface area (Å²) in [5, 5.41) is 0.419. The number of nitrogens with zero attached hydrogens (tertiary/aromatic N) is 1. The standard InChI is InChI=1S/C19H23ClN2O5/c1-3-27-19(25)12-5-4-8-21(11-12)15-10-17(23)22(18(15)24)14-9-13(20)6-7-16(14)26-2/h6-7,9,12,15H,3-5,8,10-11H2,1-2H3/p+1/t12-,15+/m1/s1. The normalized spacial score (nSPS) is 25.6. The van der Waals surface area contributed by atoms with Gasteiger partial charge in [0, 0.05) is 5.02 Å². The lowest BCUT2D eigenvalue weighted by Crippen LogP contribution is -3.18. The minimum Gasteiger partial charge on any atom is -0.495 e. The molecule has 146 valence electrons. The highest BCUT2D eigenvalue weighted by Crippen LogP contribution is 2.34. The number of anilines is 1. The second kappa shape index (κ2) is 8.27. The molecule has 1 aromatic rings. The minimum absolute atomic E-state index is 0.110. The zero-order chi connectivity index (χ0) is 19.6. The second-order valence-corrected chi connectivity index (χ2v) is 7.28. The topological polar surface area (TPSA) is 77.3 Å². The number of carbonyl (C=O) groups is 3. The molecule has 3 atom stereocenters. The maximum absolute atomic E-state index is 13.1. The first-order chi connectivity index (χ1) is 13.0. The number of carbonyl (C=O) groups excluding carboxylic acids is 3. The van der Waals surface area contributed by atoms with E-state index in [4.69, 9.17) is 21.1 Å². The van der Waals surface area contributed by atoms with Gasteiger partial charge in [-0.25, -0.2) is 4.90 Å². The van der Waals surface area contributed by atoms with E-state index in [9.17, 15) is 14.4 Å². The number of benzene rings is 1. The van der Waals surface area contributed by atoms with Crippen molar-refractivity contribution in [3.8, 4) is 5.75 Å². The van der Waals surface area contributed by atoms with E-state index in [-0.39, 0.29) is 30.1 Å². The first-order valence-corrected chi connectivity index (χ1v) is 9.55. The summed E-state index contributed by atoms with van der Waals surface area (Å²) in [5.41, 5.74) is 0.362. The number of quaternary nitrogens is 1. The first-order valence-electron chi connectivity index (χ1n) is 9.17. The minimum atomic E-state index is -0.501. The van der Waals surface area contributed by atoms with Gasteiger partial charge in [0.05, 0.1) is 38.9 Å². The molecule has 2 heterocycles. The Labute approximate surface area is 163 Å². The predicted molar refractivity (Wildman–Crippen MR) is 99.0 cm³/mol. The summed E-state index contributed by atoms with van der Waals surface area (Å²) in [6, 6.07) is 4.34. The number of hydrogen-bond acceptors (Lipinski definition) is 5. The van der Waals surface area contributed by atoms with Gasteiger partial charge >= 0.3 is 5.97 Å². The summed E-state index contributed by atoms with van der Waals surface area (Å²) < 4.78 is 10.4. The van der Waals surface area contributed by atoms with E-state index in [0.29, 0.717) is 29.6 Å². The van der Waals surface area contributed by atoms with Gasteiger partial charge in [-0.1, -0.05) is 11.6 Å². The van der Waals surface area contributed by atoms with Gasteiger partial charge in [0.2, 0.25) is 5.91 Å². The molecule has 2 amide bonds. The molecule has 0 bridgehead atoms. The van der Waals surface area contributed by atoms with E-state index in [1.54, 1.807) is 25.1 Å². The largest absolute Gasteiger partial charge is 0.495 e. The van der Waals surface area contributed by atoms with E-state index in [0.717, 1.165) is 29.2 Å². The molecule has 0 spiro atoms. The third-order valence-electron chi connectivity index (χ3n) is 5.20. The molecule has 2 aliphatic heterocycles. The molecule has 2 aliphatic rings. The van der Waals surface area contributed by atoms with Crippen LogP contribution in [0.3, 0.4) is 0 Å². The second-order valence-electron chi connectivity index (χ2n) is 6.84. The van der Waals surface area contributed by atoms with Gasteiger partial charge in [0.25, 0.3) is 5.91 Å². The zero-order valence-electron chi connectivity index (χ0n) is 15.5. The highest BCUT2D eigenvalue weighted by Gasteiger charge is 2.48. The Bertz CT molecular complexity index is 754. The monoisotopic (exact) mass is 395 g/mol. The third kappa shape index (κ3) is 3.94. The molecule has 27 heavy (non-hydrogen) atoms. The van der Waals surface area contributed by atoms with Crippen molar-refractivity contribution in [2.24, 2.45) is 5.92 Å². The molecule has 3 rings (SSSR count). The van der Waals surface area contributed by atoms with Crippen molar-refractivity contribution in [3.63, 3.8) is 0 Å². The lowest BCUT2D eigenvalue weighted by atomic mass is 9.96. The molecule has 1 unspecified atom stereocenters. The van der Waals surface area contributed by atoms with Crippen molar-refractivity contribution in [2.75, 3.05) is 31.7 Å². The maximum Gasteiger partial charge on any atom is 0.314 e. The number of methoxy groups -OCH3 is 1. The number of amides is 2. The SMILES string of the molecule is CCOC(=O)[C@@H]1CCC[NH+]([C@H]2CC(=O)N(c3cc(Cl)ccc3OC)C2=O)C1. The molecule has 7 nitrogen and oxygen atoms in total. The Balaban J connectivity index is 1.80. The van der Waals surface area contributed by atoms with Gasteiger partial charge in [-0.2, -0.15) is 0 Å². The van der Waals surface area contributed by atoms with Crippen LogP contribution in [0.5, 0.6) is 5.75 Å². The zero-order valence-corrected chi connectivity index (χ0v) is 16.3. The van der Waals surface area contributed by atoms with Gasteiger partial charge in [-0.15, -0.1) is 0 Å². The van der Waals surface area contributed by atoms with Crippen LogP contribution in [0.25, 0.3) is 0 Å². The highest BCUT2D eigenvalue weighted by molar-refractivity contribution is 6.31.